The molecule has 0 bridgehead atoms. The van der Waals surface area contributed by atoms with E-state index in [-0.39, 0.29) is 42.6 Å². The van der Waals surface area contributed by atoms with E-state index in [9.17, 15) is 28.3 Å². The summed E-state index contributed by atoms with van der Waals surface area (Å²) in [6.07, 6.45) is 8.20. The van der Waals surface area contributed by atoms with Crippen molar-refractivity contribution in [1.29, 1.82) is 0 Å². The van der Waals surface area contributed by atoms with Crippen molar-refractivity contribution in [3.63, 3.8) is 0 Å². The first kappa shape index (κ1) is 54.9. The van der Waals surface area contributed by atoms with Gasteiger partial charge in [0.1, 0.15) is 44.9 Å². The van der Waals surface area contributed by atoms with Gasteiger partial charge in [0.05, 0.1) is 17.2 Å². The van der Waals surface area contributed by atoms with Crippen LogP contribution in [-0.2, 0) is 34.5 Å². The molecule has 0 spiro atoms. The van der Waals surface area contributed by atoms with Gasteiger partial charge in [0.15, 0.2) is 11.8 Å². The van der Waals surface area contributed by atoms with Gasteiger partial charge in [-0.2, -0.15) is 18.3 Å². The SMILES string of the molecule is C#CCOC1CC(/C=C/C2=[N+](CC)c3ccccc3C2(C)C)=C(N(CC)C(=O)OCCSSCCOC(=O)OC[C@H]2O[C@@H](n3ccc(N)nc3=O)C(F)(F)[C@H]2O)C(=C/C=C2/N(CC)c3ccccc3C2(C)C)/C1. The standard InChI is InChI=1S/C54H64F2N6O9S2/c1-9-27-67-37-32-35(21-23-43-52(5,6)38-17-13-15-19-40(38)59(43)10-2)46(36(33-37)22-24-44-53(7,8)39-18-14-16-20-41(39)60(44)11-3)61(12-4)50(65)68-28-30-72-73-31-29-69-51(66)70-34-42-47(63)54(55,56)48(71-42)62-26-25-45(57)58-49(62)64/h1,13-26,37,42,47-48,63H,10-12,27-34H2,2-8H3,(H-,57,58,64)/p+1/t42-,47+,48-/m1/s1. The van der Waals surface area contributed by atoms with Gasteiger partial charge in [-0.25, -0.2) is 14.4 Å². The Morgan fingerprint density at radius 1 is 0.973 bits per heavy atom. The number of carbonyl (C=O) groups is 2. The minimum Gasteiger partial charge on any atom is -0.448 e. The van der Waals surface area contributed by atoms with Gasteiger partial charge in [0, 0.05) is 78.1 Å². The number of fused-ring (bicyclic) bond motifs is 2. The van der Waals surface area contributed by atoms with Crippen molar-refractivity contribution in [1.82, 2.24) is 14.5 Å². The predicted octanol–water partition coefficient (Wildman–Crippen LogP) is 9.06. The number of anilines is 2. The van der Waals surface area contributed by atoms with Gasteiger partial charge < -0.3 is 39.4 Å². The van der Waals surface area contributed by atoms with Crippen LogP contribution in [-0.4, -0.2) is 124 Å². The van der Waals surface area contributed by atoms with Gasteiger partial charge in [-0.15, -0.1) is 6.42 Å². The smallest absolute Gasteiger partial charge is 0.448 e. The third-order valence-corrected chi connectivity index (χ3v) is 15.9. The Labute approximate surface area is 433 Å². The summed E-state index contributed by atoms with van der Waals surface area (Å²) >= 11 is 0. The molecular weight excluding hydrogens is 979 g/mol. The number of halogens is 2. The molecule has 4 atom stereocenters. The summed E-state index contributed by atoms with van der Waals surface area (Å²) in [5.74, 6) is -0.692. The van der Waals surface area contributed by atoms with E-state index in [1.54, 1.807) is 4.90 Å². The molecule has 1 fully saturated rings. The fraction of sp³-hybridized carbons (Fsp3) is 0.463. The minimum atomic E-state index is -3.90. The zero-order valence-corrected chi connectivity index (χ0v) is 44.0. The summed E-state index contributed by atoms with van der Waals surface area (Å²) in [6, 6.07) is 18.1. The number of aliphatic hydroxyl groups is 1. The predicted molar refractivity (Wildman–Crippen MR) is 281 cm³/mol. The topological polar surface area (TPSA) is 171 Å². The maximum absolute atomic E-state index is 14.9. The number of hydrogen-bond acceptors (Lipinski definition) is 14. The van der Waals surface area contributed by atoms with Gasteiger partial charge in [-0.3, -0.25) is 9.47 Å². The normalized spacial score (nSPS) is 22.7. The first-order chi connectivity index (χ1) is 34.9. The number of amides is 1. The molecule has 3 N–H and O–H groups in total. The van der Waals surface area contributed by atoms with E-state index < -0.39 is 48.9 Å². The number of nitrogens with zero attached hydrogens (tertiary/aromatic N) is 5. The van der Waals surface area contributed by atoms with Crippen LogP contribution in [0, 0.1) is 12.3 Å². The Hall–Kier alpha value is -5.91. The zero-order valence-electron chi connectivity index (χ0n) is 42.3. The number of para-hydroxylation sites is 2. The summed E-state index contributed by atoms with van der Waals surface area (Å²) in [5.41, 5.74) is 13.5. The second-order valence-electron chi connectivity index (χ2n) is 18.8. The minimum absolute atomic E-state index is 0.0846. The Kier molecular flexibility index (Phi) is 17.7. The summed E-state index contributed by atoms with van der Waals surface area (Å²) in [6.45, 7) is 16.4. The fourth-order valence-corrected chi connectivity index (χ4v) is 11.7. The number of likely N-dealkylation sites (N-methyl/N-ethyl adjacent to an activating group) is 2. The van der Waals surface area contributed by atoms with Crippen LogP contribution < -0.4 is 16.3 Å². The van der Waals surface area contributed by atoms with Crippen LogP contribution in [0.2, 0.25) is 0 Å². The van der Waals surface area contributed by atoms with Gasteiger partial charge in [0.25, 0.3) is 0 Å². The lowest BCUT2D eigenvalue weighted by Gasteiger charge is -2.34. The van der Waals surface area contributed by atoms with Crippen molar-refractivity contribution in [3.8, 4) is 12.3 Å². The van der Waals surface area contributed by atoms with E-state index >= 15 is 0 Å². The van der Waals surface area contributed by atoms with Gasteiger partial charge >= 0.3 is 23.9 Å². The largest absolute Gasteiger partial charge is 0.508 e. The quantitative estimate of drug-likeness (QED) is 0.0383. The number of nitrogen functional groups attached to an aromatic ring is 1. The van der Waals surface area contributed by atoms with E-state index in [0.717, 1.165) is 53.6 Å². The molecule has 4 aliphatic rings. The highest BCUT2D eigenvalue weighted by molar-refractivity contribution is 8.76. The summed E-state index contributed by atoms with van der Waals surface area (Å²) in [5, 5.41) is 10.2. The Balaban J connectivity index is 1.03. The van der Waals surface area contributed by atoms with Gasteiger partial charge in [-0.1, -0.05) is 89.9 Å². The van der Waals surface area contributed by atoms with Crippen molar-refractivity contribution in [3.05, 3.63) is 129 Å². The molecule has 0 radical (unpaired) electrons. The molecular formula is C54H65F2N6O9S2+. The van der Waals surface area contributed by atoms with Crippen molar-refractivity contribution >= 4 is 56.7 Å². The molecule has 4 heterocycles. The zero-order chi connectivity index (χ0) is 52.7. The lowest BCUT2D eigenvalue weighted by Crippen LogP contribution is -2.42. The van der Waals surface area contributed by atoms with Crippen LogP contribution in [0.4, 0.5) is 35.6 Å². The third-order valence-electron chi connectivity index (χ3n) is 13.5. The number of aliphatic hydroxyl groups excluding tert-OH is 1. The number of hydrogen-bond donors (Lipinski definition) is 2. The number of aromatic nitrogens is 2. The molecule has 73 heavy (non-hydrogen) atoms. The van der Waals surface area contributed by atoms with E-state index in [4.69, 9.17) is 35.8 Å². The molecule has 3 aromatic rings. The van der Waals surface area contributed by atoms with Crippen LogP contribution in [0.3, 0.4) is 0 Å². The lowest BCUT2D eigenvalue weighted by atomic mass is 9.80. The molecule has 1 aromatic heterocycles. The summed E-state index contributed by atoms with van der Waals surface area (Å²) in [7, 11) is 2.78. The number of allylic oxidation sites excluding steroid dienone is 6. The maximum Gasteiger partial charge on any atom is 0.508 e. The third kappa shape index (κ3) is 11.6. The van der Waals surface area contributed by atoms with E-state index in [0.29, 0.717) is 35.5 Å². The van der Waals surface area contributed by atoms with Crippen LogP contribution in [0.15, 0.2) is 112 Å². The first-order valence-electron chi connectivity index (χ1n) is 24.4. The molecule has 7 rings (SSSR count). The number of ether oxygens (including phenoxy) is 5. The van der Waals surface area contributed by atoms with Crippen LogP contribution in [0.5, 0.6) is 0 Å². The number of rotatable bonds is 19. The van der Waals surface area contributed by atoms with E-state index in [1.165, 1.54) is 44.1 Å². The van der Waals surface area contributed by atoms with E-state index in [2.05, 4.69) is 135 Å². The molecule has 1 saturated heterocycles. The Morgan fingerprint density at radius 3 is 2.36 bits per heavy atom. The van der Waals surface area contributed by atoms with Crippen LogP contribution >= 0.6 is 21.6 Å². The fourth-order valence-electron chi connectivity index (χ4n) is 10.0. The Bertz CT molecular complexity index is 2800. The lowest BCUT2D eigenvalue weighted by molar-refractivity contribution is -0.433. The molecule has 1 aliphatic carbocycles. The van der Waals surface area contributed by atoms with Gasteiger partial charge in [-0.05, 0) is 69.5 Å². The maximum atomic E-state index is 14.9. The molecule has 0 saturated carbocycles. The van der Waals surface area contributed by atoms with E-state index in [1.807, 2.05) is 6.92 Å². The monoisotopic (exact) mass is 1040 g/mol. The second-order valence-corrected chi connectivity index (χ2v) is 21.5. The number of terminal acetylenes is 1. The molecule has 390 valence electrons. The van der Waals surface area contributed by atoms with Crippen molar-refractivity contribution in [2.75, 3.05) is 68.2 Å². The molecule has 2 aromatic carbocycles. The highest BCUT2D eigenvalue weighted by Gasteiger charge is 2.60. The highest BCUT2D eigenvalue weighted by Crippen LogP contribution is 2.48. The summed E-state index contributed by atoms with van der Waals surface area (Å²) in [4.78, 5) is 46.3. The second kappa shape index (κ2) is 23.5. The Morgan fingerprint density at radius 2 is 1.67 bits per heavy atom. The molecule has 19 heteroatoms. The molecule has 1 amide bonds. The average molecular weight is 1040 g/mol. The number of benzene rings is 2. The number of alkyl halides is 2. The summed E-state index contributed by atoms with van der Waals surface area (Å²) < 4.78 is 60.1. The van der Waals surface area contributed by atoms with Crippen molar-refractivity contribution < 1.29 is 51.7 Å². The van der Waals surface area contributed by atoms with Gasteiger partial charge in [0.2, 0.25) is 11.9 Å². The first-order valence-corrected chi connectivity index (χ1v) is 26.9. The molecule has 15 nitrogen and oxygen atoms in total. The number of carbonyl (C=O) groups excluding carboxylic acids is 2. The molecule has 1 unspecified atom stereocenters. The van der Waals surface area contributed by atoms with Crippen molar-refractivity contribution in [2.45, 2.75) is 103 Å². The van der Waals surface area contributed by atoms with Crippen LogP contribution in [0.1, 0.15) is 78.7 Å². The number of nitrogens with two attached hydrogens (primary N) is 1. The molecule has 3 aliphatic heterocycles. The average Bonchev–Trinajstić information content (AvgIpc) is 3.84. The van der Waals surface area contributed by atoms with Crippen molar-refractivity contribution in [2.24, 2.45) is 0 Å². The van der Waals surface area contributed by atoms with Crippen LogP contribution in [0.25, 0.3) is 0 Å². The highest BCUT2D eigenvalue weighted by atomic mass is 33.1.